The molecule has 1 aliphatic carbocycles. The SMILES string of the molecule is COc1ccc(-c2cn(-c3ccccc3)nc2C(=O)NC2CC2)cc1OC. The largest absolute Gasteiger partial charge is 0.493 e. The molecule has 0 bridgehead atoms. The van der Waals surface area contributed by atoms with Crippen molar-refractivity contribution in [3.63, 3.8) is 0 Å². The Hall–Kier alpha value is -3.28. The van der Waals surface area contributed by atoms with Crippen LogP contribution in [0.1, 0.15) is 23.3 Å². The molecule has 0 spiro atoms. The highest BCUT2D eigenvalue weighted by molar-refractivity contribution is 5.99. The monoisotopic (exact) mass is 363 g/mol. The van der Waals surface area contributed by atoms with E-state index in [9.17, 15) is 4.79 Å². The highest BCUT2D eigenvalue weighted by Crippen LogP contribution is 2.34. The quantitative estimate of drug-likeness (QED) is 0.728. The Morgan fingerprint density at radius 1 is 1.07 bits per heavy atom. The Kier molecular flexibility index (Phi) is 4.54. The predicted octanol–water partition coefficient (Wildman–Crippen LogP) is 3.45. The van der Waals surface area contributed by atoms with Crippen molar-refractivity contribution in [2.24, 2.45) is 0 Å². The molecular weight excluding hydrogens is 342 g/mol. The van der Waals surface area contributed by atoms with Gasteiger partial charge >= 0.3 is 0 Å². The van der Waals surface area contributed by atoms with E-state index in [0.29, 0.717) is 17.2 Å². The van der Waals surface area contributed by atoms with Crippen LogP contribution in [0.25, 0.3) is 16.8 Å². The Labute approximate surface area is 157 Å². The number of methoxy groups -OCH3 is 2. The van der Waals surface area contributed by atoms with Gasteiger partial charge in [-0.3, -0.25) is 4.79 Å². The van der Waals surface area contributed by atoms with Gasteiger partial charge in [0.05, 0.1) is 19.9 Å². The molecular formula is C21H21N3O3. The predicted molar refractivity (Wildman–Crippen MR) is 103 cm³/mol. The lowest BCUT2D eigenvalue weighted by Gasteiger charge is -2.09. The summed E-state index contributed by atoms with van der Waals surface area (Å²) in [6.07, 6.45) is 3.92. The molecule has 2 aromatic carbocycles. The zero-order chi connectivity index (χ0) is 18.8. The van der Waals surface area contributed by atoms with Crippen LogP contribution in [-0.2, 0) is 0 Å². The van der Waals surface area contributed by atoms with Crippen molar-refractivity contribution in [2.75, 3.05) is 14.2 Å². The van der Waals surface area contributed by atoms with Gasteiger partial charge in [-0.2, -0.15) is 5.10 Å². The maximum Gasteiger partial charge on any atom is 0.272 e. The number of hydrogen-bond acceptors (Lipinski definition) is 4. The Balaban J connectivity index is 1.80. The van der Waals surface area contributed by atoms with Crippen LogP contribution in [-0.4, -0.2) is 35.9 Å². The third-order valence-corrected chi connectivity index (χ3v) is 4.56. The van der Waals surface area contributed by atoms with E-state index in [1.807, 2.05) is 54.7 Å². The molecule has 0 saturated heterocycles. The van der Waals surface area contributed by atoms with Crippen LogP contribution in [0.5, 0.6) is 11.5 Å². The number of nitrogens with one attached hydrogen (secondary N) is 1. The number of hydrogen-bond donors (Lipinski definition) is 1. The molecule has 1 saturated carbocycles. The minimum Gasteiger partial charge on any atom is -0.493 e. The van der Waals surface area contributed by atoms with Crippen molar-refractivity contribution < 1.29 is 14.3 Å². The zero-order valence-corrected chi connectivity index (χ0v) is 15.3. The number of ether oxygens (including phenoxy) is 2. The maximum absolute atomic E-state index is 12.8. The lowest BCUT2D eigenvalue weighted by Crippen LogP contribution is -2.26. The lowest BCUT2D eigenvalue weighted by molar-refractivity contribution is 0.0946. The number of aromatic nitrogens is 2. The van der Waals surface area contributed by atoms with Crippen LogP contribution in [0.15, 0.2) is 54.7 Å². The second-order valence-electron chi connectivity index (χ2n) is 6.49. The Morgan fingerprint density at radius 2 is 1.81 bits per heavy atom. The first-order valence-corrected chi connectivity index (χ1v) is 8.88. The summed E-state index contributed by atoms with van der Waals surface area (Å²) in [6, 6.07) is 15.6. The minimum atomic E-state index is -0.156. The van der Waals surface area contributed by atoms with Crippen LogP contribution in [0.2, 0.25) is 0 Å². The third-order valence-electron chi connectivity index (χ3n) is 4.56. The van der Waals surface area contributed by atoms with Gasteiger partial charge in [0.25, 0.3) is 5.91 Å². The van der Waals surface area contributed by atoms with Gasteiger partial charge in [-0.15, -0.1) is 0 Å². The highest BCUT2D eigenvalue weighted by atomic mass is 16.5. The number of carbonyl (C=O) groups excluding carboxylic acids is 1. The summed E-state index contributed by atoms with van der Waals surface area (Å²) >= 11 is 0. The molecule has 1 fully saturated rings. The molecule has 6 heteroatoms. The first-order valence-electron chi connectivity index (χ1n) is 8.88. The number of amides is 1. The first kappa shape index (κ1) is 17.1. The van der Waals surface area contributed by atoms with Crippen LogP contribution in [0.3, 0.4) is 0 Å². The fourth-order valence-electron chi connectivity index (χ4n) is 2.95. The molecule has 0 aliphatic heterocycles. The lowest BCUT2D eigenvalue weighted by atomic mass is 10.1. The summed E-state index contributed by atoms with van der Waals surface area (Å²) in [7, 11) is 3.19. The molecule has 0 unspecified atom stereocenters. The molecule has 1 N–H and O–H groups in total. The van der Waals surface area contributed by atoms with Gasteiger partial charge in [-0.05, 0) is 42.7 Å². The second-order valence-corrected chi connectivity index (χ2v) is 6.49. The normalized spacial score (nSPS) is 13.3. The van der Waals surface area contributed by atoms with E-state index < -0.39 is 0 Å². The van der Waals surface area contributed by atoms with E-state index in [2.05, 4.69) is 10.4 Å². The van der Waals surface area contributed by atoms with Gasteiger partial charge in [0.1, 0.15) is 0 Å². The number of carbonyl (C=O) groups is 1. The zero-order valence-electron chi connectivity index (χ0n) is 15.3. The number of rotatable bonds is 6. The van der Waals surface area contributed by atoms with E-state index in [1.54, 1.807) is 18.9 Å². The molecule has 4 rings (SSSR count). The molecule has 6 nitrogen and oxygen atoms in total. The molecule has 1 amide bonds. The molecule has 3 aromatic rings. The summed E-state index contributed by atoms with van der Waals surface area (Å²) < 4.78 is 12.5. The van der Waals surface area contributed by atoms with Crippen LogP contribution in [0.4, 0.5) is 0 Å². The van der Waals surface area contributed by atoms with E-state index >= 15 is 0 Å². The van der Waals surface area contributed by atoms with Gasteiger partial charge in [-0.25, -0.2) is 4.68 Å². The standard InChI is InChI=1S/C21H21N3O3/c1-26-18-11-8-14(12-19(18)27-2)17-13-24(16-6-4-3-5-7-16)23-20(17)21(25)22-15-9-10-15/h3-8,11-13,15H,9-10H2,1-2H3,(H,22,25). The van der Waals surface area contributed by atoms with Crippen molar-refractivity contribution in [3.8, 4) is 28.3 Å². The van der Waals surface area contributed by atoms with Crippen molar-refractivity contribution in [1.82, 2.24) is 15.1 Å². The molecule has 0 radical (unpaired) electrons. The summed E-state index contributed by atoms with van der Waals surface area (Å²) in [4.78, 5) is 12.8. The smallest absolute Gasteiger partial charge is 0.272 e. The number of benzene rings is 2. The van der Waals surface area contributed by atoms with Crippen molar-refractivity contribution in [2.45, 2.75) is 18.9 Å². The Morgan fingerprint density at radius 3 is 2.48 bits per heavy atom. The van der Waals surface area contributed by atoms with E-state index in [1.165, 1.54) is 0 Å². The van der Waals surface area contributed by atoms with Crippen molar-refractivity contribution in [1.29, 1.82) is 0 Å². The average Bonchev–Trinajstić information content (AvgIpc) is 3.41. The summed E-state index contributed by atoms with van der Waals surface area (Å²) in [5, 5.41) is 7.59. The van der Waals surface area contributed by atoms with Crippen molar-refractivity contribution >= 4 is 5.91 Å². The first-order chi connectivity index (χ1) is 13.2. The molecule has 0 atom stereocenters. The summed E-state index contributed by atoms with van der Waals surface area (Å²) in [5.74, 6) is 1.09. The fourth-order valence-corrected chi connectivity index (χ4v) is 2.95. The van der Waals surface area contributed by atoms with Gasteiger partial charge < -0.3 is 14.8 Å². The van der Waals surface area contributed by atoms with Crippen LogP contribution >= 0.6 is 0 Å². The summed E-state index contributed by atoms with van der Waals surface area (Å²) in [5.41, 5.74) is 2.89. The number of para-hydroxylation sites is 1. The topological polar surface area (TPSA) is 65.4 Å². The Bertz CT molecular complexity index is 962. The van der Waals surface area contributed by atoms with Gasteiger partial charge in [0.15, 0.2) is 17.2 Å². The second kappa shape index (κ2) is 7.15. The van der Waals surface area contributed by atoms with Gasteiger partial charge in [-0.1, -0.05) is 24.3 Å². The van der Waals surface area contributed by atoms with E-state index in [-0.39, 0.29) is 11.9 Å². The van der Waals surface area contributed by atoms with Crippen LogP contribution in [0, 0.1) is 0 Å². The summed E-state index contributed by atoms with van der Waals surface area (Å²) in [6.45, 7) is 0. The van der Waals surface area contributed by atoms with Gasteiger partial charge in [0, 0.05) is 17.8 Å². The highest BCUT2D eigenvalue weighted by Gasteiger charge is 2.27. The molecule has 27 heavy (non-hydrogen) atoms. The fraction of sp³-hybridized carbons (Fsp3) is 0.238. The van der Waals surface area contributed by atoms with E-state index in [4.69, 9.17) is 9.47 Å². The third kappa shape index (κ3) is 3.51. The molecule has 1 aromatic heterocycles. The van der Waals surface area contributed by atoms with Crippen LogP contribution < -0.4 is 14.8 Å². The molecule has 138 valence electrons. The maximum atomic E-state index is 12.8. The molecule has 1 aliphatic rings. The average molecular weight is 363 g/mol. The van der Waals surface area contributed by atoms with E-state index in [0.717, 1.165) is 29.7 Å². The number of nitrogens with zero attached hydrogens (tertiary/aromatic N) is 2. The molecule has 1 heterocycles. The van der Waals surface area contributed by atoms with Crippen molar-refractivity contribution in [3.05, 3.63) is 60.4 Å². The minimum absolute atomic E-state index is 0.156. The van der Waals surface area contributed by atoms with Gasteiger partial charge in [0.2, 0.25) is 0 Å².